The predicted octanol–water partition coefficient (Wildman–Crippen LogP) is 2.64. The van der Waals surface area contributed by atoms with Gasteiger partial charge in [-0.1, -0.05) is 30.3 Å². The molecule has 1 fully saturated rings. The maximum Gasteiger partial charge on any atom is 0.264 e. The van der Waals surface area contributed by atoms with Crippen molar-refractivity contribution >= 4 is 23.2 Å². The van der Waals surface area contributed by atoms with Gasteiger partial charge in [0.1, 0.15) is 0 Å². The van der Waals surface area contributed by atoms with Gasteiger partial charge in [0.25, 0.3) is 5.91 Å². The van der Waals surface area contributed by atoms with E-state index in [0.29, 0.717) is 32.8 Å². The van der Waals surface area contributed by atoms with Crippen LogP contribution in [-0.2, 0) is 28.9 Å². The zero-order valence-corrected chi connectivity index (χ0v) is 16.1. The van der Waals surface area contributed by atoms with Crippen molar-refractivity contribution in [2.24, 2.45) is 5.92 Å². The summed E-state index contributed by atoms with van der Waals surface area (Å²) in [7, 11) is 0. The van der Waals surface area contributed by atoms with Gasteiger partial charge in [0.2, 0.25) is 5.91 Å². The van der Waals surface area contributed by atoms with Crippen LogP contribution in [0.1, 0.15) is 32.1 Å². The molecule has 27 heavy (non-hydrogen) atoms. The first-order valence-electron chi connectivity index (χ1n) is 9.51. The van der Waals surface area contributed by atoms with E-state index in [0.717, 1.165) is 29.7 Å². The Morgan fingerprint density at radius 1 is 1.19 bits per heavy atom. The van der Waals surface area contributed by atoms with Crippen LogP contribution in [0.4, 0.5) is 0 Å². The summed E-state index contributed by atoms with van der Waals surface area (Å²) in [4.78, 5) is 29.2. The van der Waals surface area contributed by atoms with Crippen LogP contribution in [0.2, 0.25) is 0 Å². The number of hydrogen-bond acceptors (Lipinski definition) is 4. The Hall–Kier alpha value is -2.18. The highest BCUT2D eigenvalue weighted by Gasteiger charge is 2.28. The molecule has 6 heteroatoms. The van der Waals surface area contributed by atoms with Crippen molar-refractivity contribution < 1.29 is 14.3 Å². The molecule has 2 aliphatic rings. The minimum atomic E-state index is -0.0119. The minimum absolute atomic E-state index is 0.0119. The number of rotatable bonds is 4. The molecule has 1 N–H and O–H groups in total. The topological polar surface area (TPSA) is 58.6 Å². The molecule has 142 valence electrons. The smallest absolute Gasteiger partial charge is 0.264 e. The maximum absolute atomic E-state index is 12.7. The molecule has 1 saturated heterocycles. The second-order valence-corrected chi connectivity index (χ2v) is 8.24. The lowest BCUT2D eigenvalue weighted by Gasteiger charge is -2.26. The van der Waals surface area contributed by atoms with E-state index < -0.39 is 0 Å². The summed E-state index contributed by atoms with van der Waals surface area (Å²) in [6.07, 6.45) is 2.45. The fourth-order valence-electron chi connectivity index (χ4n) is 3.70. The number of hydrogen-bond donors (Lipinski definition) is 1. The number of thiophene rings is 1. The number of ether oxygens (including phenoxy) is 1. The van der Waals surface area contributed by atoms with Gasteiger partial charge in [-0.05, 0) is 36.5 Å². The SMILES string of the molecule is O=C(NCc1ccccc1)[C@@H]1CCc2sc(C(=O)N3CCOCC3)cc2C1. The summed E-state index contributed by atoms with van der Waals surface area (Å²) in [6.45, 7) is 3.10. The summed E-state index contributed by atoms with van der Waals surface area (Å²) in [5.74, 6) is 0.196. The molecule has 1 atom stereocenters. The van der Waals surface area contributed by atoms with Crippen LogP contribution in [0.5, 0.6) is 0 Å². The molecular formula is C21H24N2O3S. The average Bonchev–Trinajstić information content (AvgIpc) is 3.16. The molecule has 0 radical (unpaired) electrons. The van der Waals surface area contributed by atoms with E-state index in [2.05, 4.69) is 5.32 Å². The molecule has 4 rings (SSSR count). The van der Waals surface area contributed by atoms with Gasteiger partial charge in [-0.15, -0.1) is 11.3 Å². The number of fused-ring (bicyclic) bond motifs is 1. The van der Waals surface area contributed by atoms with Crippen LogP contribution in [-0.4, -0.2) is 43.0 Å². The molecule has 2 amide bonds. The quantitative estimate of drug-likeness (QED) is 0.882. The van der Waals surface area contributed by atoms with E-state index in [1.165, 1.54) is 10.4 Å². The van der Waals surface area contributed by atoms with E-state index in [9.17, 15) is 9.59 Å². The monoisotopic (exact) mass is 384 g/mol. The first kappa shape index (κ1) is 18.2. The molecule has 2 aromatic rings. The van der Waals surface area contributed by atoms with Crippen LogP contribution in [0, 0.1) is 5.92 Å². The summed E-state index contributed by atoms with van der Waals surface area (Å²) in [5, 5.41) is 3.06. The van der Waals surface area contributed by atoms with Crippen LogP contribution >= 0.6 is 11.3 Å². The van der Waals surface area contributed by atoms with E-state index in [-0.39, 0.29) is 17.7 Å². The summed E-state index contributed by atoms with van der Waals surface area (Å²) in [6, 6.07) is 12.0. The summed E-state index contributed by atoms with van der Waals surface area (Å²) < 4.78 is 5.33. The number of benzene rings is 1. The maximum atomic E-state index is 12.7. The zero-order chi connectivity index (χ0) is 18.6. The fraction of sp³-hybridized carbons (Fsp3) is 0.429. The van der Waals surface area contributed by atoms with Crippen LogP contribution in [0.15, 0.2) is 36.4 Å². The highest BCUT2D eigenvalue weighted by atomic mass is 32.1. The van der Waals surface area contributed by atoms with Crippen molar-refractivity contribution in [1.82, 2.24) is 10.2 Å². The lowest BCUT2D eigenvalue weighted by molar-refractivity contribution is -0.125. The molecule has 1 aromatic carbocycles. The first-order valence-corrected chi connectivity index (χ1v) is 10.3. The van der Waals surface area contributed by atoms with Gasteiger partial charge in [0.15, 0.2) is 0 Å². The Kier molecular flexibility index (Phi) is 5.55. The number of aryl methyl sites for hydroxylation is 1. The van der Waals surface area contributed by atoms with Crippen molar-refractivity contribution in [3.8, 4) is 0 Å². The number of amides is 2. The van der Waals surface area contributed by atoms with Crippen LogP contribution in [0.25, 0.3) is 0 Å². The summed E-state index contributed by atoms with van der Waals surface area (Å²) >= 11 is 1.60. The molecular weight excluding hydrogens is 360 g/mol. The van der Waals surface area contributed by atoms with Gasteiger partial charge < -0.3 is 15.0 Å². The Morgan fingerprint density at radius 2 is 1.96 bits per heavy atom. The Labute approximate surface area is 163 Å². The molecule has 2 heterocycles. The van der Waals surface area contributed by atoms with E-state index in [1.54, 1.807) is 11.3 Å². The lowest BCUT2D eigenvalue weighted by Crippen LogP contribution is -2.40. The third-order valence-corrected chi connectivity index (χ3v) is 6.50. The van der Waals surface area contributed by atoms with Gasteiger partial charge in [-0.2, -0.15) is 0 Å². The number of nitrogens with one attached hydrogen (secondary N) is 1. The van der Waals surface area contributed by atoms with Crippen molar-refractivity contribution in [1.29, 1.82) is 0 Å². The third kappa shape index (κ3) is 4.22. The number of carbonyl (C=O) groups excluding carboxylic acids is 2. The number of morpholine rings is 1. The van der Waals surface area contributed by atoms with Crippen molar-refractivity contribution in [2.45, 2.75) is 25.8 Å². The summed E-state index contributed by atoms with van der Waals surface area (Å²) in [5.41, 5.74) is 2.28. The minimum Gasteiger partial charge on any atom is -0.378 e. The molecule has 5 nitrogen and oxygen atoms in total. The highest BCUT2D eigenvalue weighted by molar-refractivity contribution is 7.14. The largest absolute Gasteiger partial charge is 0.378 e. The Morgan fingerprint density at radius 3 is 2.74 bits per heavy atom. The average molecular weight is 385 g/mol. The first-order chi connectivity index (χ1) is 13.2. The van der Waals surface area contributed by atoms with Gasteiger partial charge in [0, 0.05) is 30.4 Å². The van der Waals surface area contributed by atoms with E-state index in [1.807, 2.05) is 41.3 Å². The van der Waals surface area contributed by atoms with Crippen LogP contribution in [0.3, 0.4) is 0 Å². The van der Waals surface area contributed by atoms with Crippen molar-refractivity contribution in [3.05, 3.63) is 57.3 Å². The van der Waals surface area contributed by atoms with Gasteiger partial charge in [0.05, 0.1) is 18.1 Å². The standard InChI is InChI=1S/C21H24N2O3S/c24-20(22-14-15-4-2-1-3-5-15)16-6-7-18-17(12-16)13-19(27-18)21(25)23-8-10-26-11-9-23/h1-5,13,16H,6-12,14H2,(H,22,24)/t16-/m1/s1. The van der Waals surface area contributed by atoms with Gasteiger partial charge in [-0.25, -0.2) is 0 Å². The Bertz CT molecular complexity index is 812. The normalized spacial score (nSPS) is 19.4. The molecule has 1 aliphatic heterocycles. The fourth-order valence-corrected chi connectivity index (χ4v) is 4.88. The number of carbonyl (C=O) groups is 2. The molecule has 1 aliphatic carbocycles. The highest BCUT2D eigenvalue weighted by Crippen LogP contribution is 2.33. The molecule has 1 aromatic heterocycles. The van der Waals surface area contributed by atoms with Crippen molar-refractivity contribution in [2.75, 3.05) is 26.3 Å². The van der Waals surface area contributed by atoms with Crippen molar-refractivity contribution in [3.63, 3.8) is 0 Å². The molecule has 0 saturated carbocycles. The van der Waals surface area contributed by atoms with Crippen LogP contribution < -0.4 is 5.32 Å². The molecule has 0 bridgehead atoms. The number of nitrogens with zero attached hydrogens (tertiary/aromatic N) is 1. The predicted molar refractivity (Wildman–Crippen MR) is 105 cm³/mol. The van der Waals surface area contributed by atoms with Gasteiger partial charge >= 0.3 is 0 Å². The van der Waals surface area contributed by atoms with E-state index in [4.69, 9.17) is 4.74 Å². The second-order valence-electron chi connectivity index (χ2n) is 7.11. The van der Waals surface area contributed by atoms with E-state index >= 15 is 0 Å². The third-order valence-electron chi connectivity index (χ3n) is 5.27. The molecule has 0 unspecified atom stereocenters. The Balaban J connectivity index is 1.37. The zero-order valence-electron chi connectivity index (χ0n) is 15.3. The lowest BCUT2D eigenvalue weighted by atomic mass is 9.87. The molecule has 0 spiro atoms. The second kappa shape index (κ2) is 8.23. The van der Waals surface area contributed by atoms with Gasteiger partial charge in [-0.3, -0.25) is 9.59 Å².